The predicted octanol–water partition coefficient (Wildman–Crippen LogP) is 3.44. The van der Waals surface area contributed by atoms with Crippen LogP contribution in [0.15, 0.2) is 18.2 Å². The van der Waals surface area contributed by atoms with Crippen LogP contribution in [0.2, 0.25) is 0 Å². The first-order chi connectivity index (χ1) is 10.4. The minimum Gasteiger partial charge on any atom is -0.350 e. The van der Waals surface area contributed by atoms with Gasteiger partial charge in [-0.2, -0.15) is 0 Å². The number of carbonyl (C=O) groups excluding carboxylic acids is 2. The van der Waals surface area contributed by atoms with E-state index >= 15 is 0 Å². The van der Waals surface area contributed by atoms with Crippen LogP contribution in [0.1, 0.15) is 56.5 Å². The van der Waals surface area contributed by atoms with Crippen LogP contribution in [-0.2, 0) is 0 Å². The molecule has 0 aliphatic rings. The maximum Gasteiger partial charge on any atom is 0.319 e. The highest BCUT2D eigenvalue weighted by atomic mass is 16.2. The Morgan fingerprint density at radius 3 is 2.18 bits per heavy atom. The third kappa shape index (κ3) is 5.39. The number of urea groups is 1. The topological polar surface area (TPSA) is 70.2 Å². The van der Waals surface area contributed by atoms with Crippen molar-refractivity contribution < 1.29 is 9.59 Å². The molecule has 0 radical (unpaired) electrons. The Labute approximate surface area is 132 Å². The van der Waals surface area contributed by atoms with Crippen LogP contribution in [0.25, 0.3) is 0 Å². The zero-order valence-corrected chi connectivity index (χ0v) is 14.1. The summed E-state index contributed by atoms with van der Waals surface area (Å²) >= 11 is 0. The van der Waals surface area contributed by atoms with Gasteiger partial charge in [0.05, 0.1) is 0 Å². The quantitative estimate of drug-likeness (QED) is 0.753. The van der Waals surface area contributed by atoms with E-state index in [1.165, 1.54) is 0 Å². The van der Waals surface area contributed by atoms with Crippen LogP contribution >= 0.6 is 0 Å². The number of hydrogen-bond acceptors (Lipinski definition) is 2. The summed E-state index contributed by atoms with van der Waals surface area (Å²) in [5.41, 5.74) is 2.17. The summed E-state index contributed by atoms with van der Waals surface area (Å²) in [4.78, 5) is 23.9. The fourth-order valence-electron chi connectivity index (χ4n) is 1.84. The minimum absolute atomic E-state index is 0.0898. The van der Waals surface area contributed by atoms with Crippen LogP contribution in [0, 0.1) is 6.92 Å². The molecule has 0 saturated carbocycles. The fraction of sp³-hybridized carbons (Fsp3) is 0.529. The van der Waals surface area contributed by atoms with Crippen LogP contribution in [0.5, 0.6) is 0 Å². The molecule has 2 atom stereocenters. The van der Waals surface area contributed by atoms with Gasteiger partial charge < -0.3 is 16.0 Å². The third-order valence-electron chi connectivity index (χ3n) is 3.72. The van der Waals surface area contributed by atoms with Gasteiger partial charge >= 0.3 is 6.03 Å². The van der Waals surface area contributed by atoms with Crippen molar-refractivity contribution in [2.75, 3.05) is 5.32 Å². The average molecular weight is 305 g/mol. The number of carbonyl (C=O) groups is 2. The van der Waals surface area contributed by atoms with Gasteiger partial charge in [-0.1, -0.05) is 13.8 Å². The zero-order chi connectivity index (χ0) is 16.7. The molecule has 0 fully saturated rings. The first kappa shape index (κ1) is 18.0. The van der Waals surface area contributed by atoms with E-state index in [9.17, 15) is 9.59 Å². The summed E-state index contributed by atoms with van der Waals surface area (Å²) in [5, 5.41) is 8.59. The van der Waals surface area contributed by atoms with Gasteiger partial charge in [0.2, 0.25) is 0 Å². The van der Waals surface area contributed by atoms with Crippen molar-refractivity contribution >= 4 is 17.6 Å². The van der Waals surface area contributed by atoms with Gasteiger partial charge in [0.15, 0.2) is 0 Å². The van der Waals surface area contributed by atoms with Crippen molar-refractivity contribution in [3.8, 4) is 0 Å². The molecule has 0 aliphatic heterocycles. The highest BCUT2D eigenvalue weighted by Crippen LogP contribution is 2.16. The molecule has 22 heavy (non-hydrogen) atoms. The highest BCUT2D eigenvalue weighted by molar-refractivity contribution is 5.96. The molecule has 0 bridgehead atoms. The van der Waals surface area contributed by atoms with Crippen molar-refractivity contribution in [2.45, 2.75) is 59.5 Å². The van der Waals surface area contributed by atoms with E-state index in [1.807, 2.05) is 34.6 Å². The number of amides is 3. The molecule has 0 aromatic heterocycles. The number of anilines is 1. The number of benzene rings is 1. The summed E-state index contributed by atoms with van der Waals surface area (Å²) < 4.78 is 0. The van der Waals surface area contributed by atoms with Gasteiger partial charge in [-0.15, -0.1) is 0 Å². The first-order valence-corrected chi connectivity index (χ1v) is 7.86. The molecule has 0 saturated heterocycles. The highest BCUT2D eigenvalue weighted by Gasteiger charge is 2.11. The maximum absolute atomic E-state index is 12.1. The van der Waals surface area contributed by atoms with Crippen LogP contribution < -0.4 is 16.0 Å². The molecule has 122 valence electrons. The summed E-state index contributed by atoms with van der Waals surface area (Å²) in [6, 6.07) is 5.32. The van der Waals surface area contributed by atoms with Crippen molar-refractivity contribution in [2.24, 2.45) is 0 Å². The van der Waals surface area contributed by atoms with Crippen molar-refractivity contribution in [3.05, 3.63) is 29.3 Å². The van der Waals surface area contributed by atoms with E-state index in [0.717, 1.165) is 18.4 Å². The van der Waals surface area contributed by atoms with Crippen LogP contribution in [0.3, 0.4) is 0 Å². The molecule has 0 heterocycles. The summed E-state index contributed by atoms with van der Waals surface area (Å²) in [5.74, 6) is -0.0898. The monoisotopic (exact) mass is 305 g/mol. The molecule has 1 aromatic carbocycles. The molecule has 1 aromatic rings. The molecule has 3 N–H and O–H groups in total. The van der Waals surface area contributed by atoms with Crippen molar-refractivity contribution in [1.82, 2.24) is 10.6 Å². The lowest BCUT2D eigenvalue weighted by Crippen LogP contribution is -2.35. The van der Waals surface area contributed by atoms with E-state index in [-0.39, 0.29) is 24.0 Å². The molecule has 5 heteroatoms. The number of aryl methyl sites for hydroxylation is 1. The van der Waals surface area contributed by atoms with Crippen molar-refractivity contribution in [3.63, 3.8) is 0 Å². The van der Waals surface area contributed by atoms with E-state index in [2.05, 4.69) is 16.0 Å². The lowest BCUT2D eigenvalue weighted by Gasteiger charge is -2.15. The Balaban J connectivity index is 2.73. The fourth-order valence-corrected chi connectivity index (χ4v) is 1.84. The van der Waals surface area contributed by atoms with Gasteiger partial charge in [0.1, 0.15) is 0 Å². The predicted molar refractivity (Wildman–Crippen MR) is 90.3 cm³/mol. The van der Waals surface area contributed by atoms with E-state index in [4.69, 9.17) is 0 Å². The smallest absolute Gasteiger partial charge is 0.319 e. The molecule has 0 spiro atoms. The van der Waals surface area contributed by atoms with E-state index in [1.54, 1.807) is 18.2 Å². The van der Waals surface area contributed by atoms with Gasteiger partial charge in [0.25, 0.3) is 5.91 Å². The Morgan fingerprint density at radius 2 is 1.64 bits per heavy atom. The second-order valence-electron chi connectivity index (χ2n) is 5.72. The normalized spacial score (nSPS) is 13.1. The Hall–Kier alpha value is -2.04. The second-order valence-corrected chi connectivity index (χ2v) is 5.72. The average Bonchev–Trinajstić information content (AvgIpc) is 2.48. The Morgan fingerprint density at radius 1 is 1.05 bits per heavy atom. The van der Waals surface area contributed by atoms with Gasteiger partial charge in [0, 0.05) is 23.3 Å². The lowest BCUT2D eigenvalue weighted by atomic mass is 10.1. The van der Waals surface area contributed by atoms with E-state index < -0.39 is 0 Å². The molecule has 3 amide bonds. The largest absolute Gasteiger partial charge is 0.350 e. The summed E-state index contributed by atoms with van der Waals surface area (Å²) in [6.45, 7) is 9.84. The summed E-state index contributed by atoms with van der Waals surface area (Å²) in [6.07, 6.45) is 1.77. The number of rotatable bonds is 6. The number of nitrogens with one attached hydrogen (secondary N) is 3. The van der Waals surface area contributed by atoms with Crippen LogP contribution in [0.4, 0.5) is 10.5 Å². The Bertz CT molecular complexity index is 529. The molecular weight excluding hydrogens is 278 g/mol. The molecule has 0 aliphatic carbocycles. The van der Waals surface area contributed by atoms with Crippen molar-refractivity contribution in [1.29, 1.82) is 0 Å². The maximum atomic E-state index is 12.1. The molecular formula is C17H27N3O2. The lowest BCUT2D eigenvalue weighted by molar-refractivity contribution is 0.0939. The standard InChI is InChI=1S/C17H27N3O2/c1-6-12(4)18-16(21)14-8-9-15(11(3)10-14)20-17(22)19-13(5)7-2/h8-10,12-13H,6-7H2,1-5H3,(H,18,21)(H2,19,20,22)/t12-,13+/m0/s1. The second kappa shape index (κ2) is 8.41. The van der Waals surface area contributed by atoms with Crippen LogP contribution in [-0.4, -0.2) is 24.0 Å². The molecule has 1 rings (SSSR count). The Kier molecular flexibility index (Phi) is 6.89. The minimum atomic E-state index is -0.228. The third-order valence-corrected chi connectivity index (χ3v) is 3.72. The van der Waals surface area contributed by atoms with Gasteiger partial charge in [-0.3, -0.25) is 4.79 Å². The van der Waals surface area contributed by atoms with E-state index in [0.29, 0.717) is 11.3 Å². The summed E-state index contributed by atoms with van der Waals surface area (Å²) in [7, 11) is 0. The molecule has 5 nitrogen and oxygen atoms in total. The first-order valence-electron chi connectivity index (χ1n) is 7.86. The van der Waals surface area contributed by atoms with Gasteiger partial charge in [-0.05, 0) is 57.4 Å². The number of hydrogen-bond donors (Lipinski definition) is 3. The SMILES string of the molecule is CC[C@@H](C)NC(=O)Nc1ccc(C(=O)N[C@@H](C)CC)cc1C. The van der Waals surface area contributed by atoms with Gasteiger partial charge in [-0.25, -0.2) is 4.79 Å². The molecule has 0 unspecified atom stereocenters. The zero-order valence-electron chi connectivity index (χ0n) is 14.1.